The average Bonchev–Trinajstić information content (AvgIpc) is 3.25. The maximum atomic E-state index is 5.48. The van der Waals surface area contributed by atoms with Crippen LogP contribution in [-0.4, -0.2) is 71.9 Å². The van der Waals surface area contributed by atoms with Gasteiger partial charge in [0.15, 0.2) is 5.11 Å². The first kappa shape index (κ1) is 23.5. The molecular formula is C21H31N7OS2. The Morgan fingerprint density at radius 2 is 2.03 bits per heavy atom. The van der Waals surface area contributed by atoms with Crippen LogP contribution >= 0.6 is 23.6 Å². The zero-order valence-electron chi connectivity index (χ0n) is 18.2. The Morgan fingerprint density at radius 3 is 2.74 bits per heavy atom. The number of thiophene rings is 1. The second-order valence-electron chi connectivity index (χ2n) is 7.35. The number of nitrogens with zero attached hydrogens (tertiary/aromatic N) is 4. The average molecular weight is 462 g/mol. The normalized spacial score (nSPS) is 15.0. The summed E-state index contributed by atoms with van der Waals surface area (Å²) in [4.78, 5) is 17.3. The summed E-state index contributed by atoms with van der Waals surface area (Å²) in [5.74, 6) is 1.06. The van der Waals surface area contributed by atoms with Gasteiger partial charge in [0, 0.05) is 48.9 Å². The van der Waals surface area contributed by atoms with E-state index in [-0.39, 0.29) is 0 Å². The minimum absolute atomic E-state index is 0.509. The number of thiocarbonyl (C=S) groups is 1. The molecule has 0 saturated carbocycles. The van der Waals surface area contributed by atoms with E-state index in [4.69, 9.17) is 17.0 Å². The second kappa shape index (κ2) is 12.7. The van der Waals surface area contributed by atoms with Crippen LogP contribution in [0.1, 0.15) is 22.7 Å². The lowest BCUT2D eigenvalue weighted by Crippen LogP contribution is -2.44. The van der Waals surface area contributed by atoms with E-state index in [1.54, 1.807) is 11.3 Å². The first-order chi connectivity index (χ1) is 15.1. The van der Waals surface area contributed by atoms with Gasteiger partial charge in [0.25, 0.3) is 0 Å². The molecule has 8 nitrogen and oxygen atoms in total. The summed E-state index contributed by atoms with van der Waals surface area (Å²) in [6.07, 6.45) is 1.89. The van der Waals surface area contributed by atoms with Crippen molar-refractivity contribution in [2.24, 2.45) is 4.99 Å². The zero-order valence-corrected chi connectivity index (χ0v) is 19.8. The first-order valence-electron chi connectivity index (χ1n) is 10.6. The number of nitrogens with one attached hydrogen (secondary N) is 3. The highest BCUT2D eigenvalue weighted by Crippen LogP contribution is 2.09. The van der Waals surface area contributed by atoms with Crippen molar-refractivity contribution in [1.82, 2.24) is 25.5 Å². The van der Waals surface area contributed by atoms with Crippen molar-refractivity contribution in [2.45, 2.75) is 26.7 Å². The van der Waals surface area contributed by atoms with E-state index in [9.17, 15) is 0 Å². The smallest absolute Gasteiger partial charge is 0.229 e. The number of morpholine rings is 1. The van der Waals surface area contributed by atoms with E-state index in [1.807, 2.05) is 19.9 Å². The molecule has 0 bridgehead atoms. The zero-order chi connectivity index (χ0) is 21.9. The SMILES string of the molecule is Cc1cc(C)nc(NC(=NCCc2cccs2)NC(=S)NCCCN2CCOCC2)n1. The fourth-order valence-corrected chi connectivity index (χ4v) is 4.11. The van der Waals surface area contributed by atoms with Gasteiger partial charge in [-0.15, -0.1) is 11.3 Å². The molecular weight excluding hydrogens is 430 g/mol. The number of aryl methyl sites for hydroxylation is 2. The number of anilines is 1. The third kappa shape index (κ3) is 8.86. The van der Waals surface area contributed by atoms with E-state index < -0.39 is 0 Å². The Kier molecular flexibility index (Phi) is 9.60. The molecule has 0 amide bonds. The summed E-state index contributed by atoms with van der Waals surface area (Å²) in [5.41, 5.74) is 1.80. The highest BCUT2D eigenvalue weighted by molar-refractivity contribution is 7.80. The molecule has 0 radical (unpaired) electrons. The summed E-state index contributed by atoms with van der Waals surface area (Å²) in [5, 5.41) is 12.2. The summed E-state index contributed by atoms with van der Waals surface area (Å²) in [7, 11) is 0. The van der Waals surface area contributed by atoms with Gasteiger partial charge in [-0.1, -0.05) is 6.07 Å². The molecule has 1 aliphatic heterocycles. The number of ether oxygens (including phenoxy) is 1. The van der Waals surface area contributed by atoms with Gasteiger partial charge in [-0.2, -0.15) is 0 Å². The van der Waals surface area contributed by atoms with E-state index in [0.29, 0.717) is 23.6 Å². The topological polar surface area (TPSA) is 86.7 Å². The number of rotatable bonds is 8. The molecule has 1 saturated heterocycles. The molecule has 31 heavy (non-hydrogen) atoms. The lowest BCUT2D eigenvalue weighted by atomic mass is 10.3. The molecule has 3 rings (SSSR count). The molecule has 10 heteroatoms. The number of hydrogen-bond donors (Lipinski definition) is 3. The van der Waals surface area contributed by atoms with Crippen LogP contribution in [0.2, 0.25) is 0 Å². The molecule has 0 atom stereocenters. The molecule has 3 N–H and O–H groups in total. The van der Waals surface area contributed by atoms with Crippen LogP contribution in [0.5, 0.6) is 0 Å². The Hall–Kier alpha value is -2.14. The maximum Gasteiger partial charge on any atom is 0.229 e. The second-order valence-corrected chi connectivity index (χ2v) is 8.79. The van der Waals surface area contributed by atoms with Crippen LogP contribution in [0.25, 0.3) is 0 Å². The Balaban J connectivity index is 1.51. The van der Waals surface area contributed by atoms with Crippen LogP contribution in [0.4, 0.5) is 5.95 Å². The lowest BCUT2D eigenvalue weighted by Gasteiger charge is -2.26. The van der Waals surface area contributed by atoms with Crippen LogP contribution in [0, 0.1) is 13.8 Å². The largest absolute Gasteiger partial charge is 0.379 e. The highest BCUT2D eigenvalue weighted by Gasteiger charge is 2.10. The quantitative estimate of drug-likeness (QED) is 0.239. The molecule has 168 valence electrons. The minimum Gasteiger partial charge on any atom is -0.379 e. The van der Waals surface area contributed by atoms with Crippen molar-refractivity contribution in [3.8, 4) is 0 Å². The molecule has 2 aromatic heterocycles. The molecule has 0 aliphatic carbocycles. The van der Waals surface area contributed by atoms with Crippen molar-refractivity contribution in [3.05, 3.63) is 39.8 Å². The fourth-order valence-electron chi connectivity index (χ4n) is 3.21. The molecule has 1 fully saturated rings. The van der Waals surface area contributed by atoms with Crippen molar-refractivity contribution in [3.63, 3.8) is 0 Å². The molecule has 0 aromatic carbocycles. The van der Waals surface area contributed by atoms with Gasteiger partial charge in [0.05, 0.1) is 13.2 Å². The molecule has 0 unspecified atom stereocenters. The third-order valence-electron chi connectivity index (χ3n) is 4.69. The monoisotopic (exact) mass is 461 g/mol. The first-order valence-corrected chi connectivity index (χ1v) is 11.9. The number of aliphatic imine (C=N–C) groups is 1. The van der Waals surface area contributed by atoms with E-state index in [1.165, 1.54) is 4.88 Å². The van der Waals surface area contributed by atoms with Gasteiger partial charge in [-0.05, 0) is 56.5 Å². The van der Waals surface area contributed by atoms with Gasteiger partial charge >= 0.3 is 0 Å². The van der Waals surface area contributed by atoms with Gasteiger partial charge < -0.3 is 15.4 Å². The number of aromatic nitrogens is 2. The van der Waals surface area contributed by atoms with Crippen molar-refractivity contribution >= 4 is 40.6 Å². The molecule has 0 spiro atoms. The lowest BCUT2D eigenvalue weighted by molar-refractivity contribution is 0.0376. The predicted octanol–water partition coefficient (Wildman–Crippen LogP) is 2.35. The van der Waals surface area contributed by atoms with Gasteiger partial charge in [-0.3, -0.25) is 15.2 Å². The van der Waals surface area contributed by atoms with Crippen LogP contribution in [0.15, 0.2) is 28.6 Å². The predicted molar refractivity (Wildman–Crippen MR) is 131 cm³/mol. The molecule has 3 heterocycles. The molecule has 2 aromatic rings. The number of hydrogen-bond acceptors (Lipinski definition) is 7. The van der Waals surface area contributed by atoms with Crippen LogP contribution in [-0.2, 0) is 11.2 Å². The van der Waals surface area contributed by atoms with Crippen LogP contribution < -0.4 is 16.0 Å². The van der Waals surface area contributed by atoms with Gasteiger partial charge in [0.1, 0.15) is 0 Å². The van der Waals surface area contributed by atoms with Crippen molar-refractivity contribution < 1.29 is 4.74 Å². The summed E-state index contributed by atoms with van der Waals surface area (Å²) < 4.78 is 5.39. The van der Waals surface area contributed by atoms with Crippen molar-refractivity contribution in [2.75, 3.05) is 51.3 Å². The summed E-state index contributed by atoms with van der Waals surface area (Å²) in [6.45, 7) is 10.0. The van der Waals surface area contributed by atoms with E-state index in [0.717, 1.165) is 63.6 Å². The maximum absolute atomic E-state index is 5.48. The third-order valence-corrected chi connectivity index (χ3v) is 5.88. The highest BCUT2D eigenvalue weighted by atomic mass is 32.1. The molecule has 1 aliphatic rings. The summed E-state index contributed by atoms with van der Waals surface area (Å²) >= 11 is 7.22. The van der Waals surface area contributed by atoms with Crippen molar-refractivity contribution in [1.29, 1.82) is 0 Å². The van der Waals surface area contributed by atoms with Crippen LogP contribution in [0.3, 0.4) is 0 Å². The minimum atomic E-state index is 0.509. The summed E-state index contributed by atoms with van der Waals surface area (Å²) in [6, 6.07) is 6.11. The number of guanidine groups is 1. The Labute approximate surface area is 193 Å². The Bertz CT molecular complexity index is 831. The fraction of sp³-hybridized carbons (Fsp3) is 0.524. The van der Waals surface area contributed by atoms with Gasteiger partial charge in [0.2, 0.25) is 11.9 Å². The van der Waals surface area contributed by atoms with Gasteiger partial charge in [-0.25, -0.2) is 9.97 Å². The van der Waals surface area contributed by atoms with E-state index >= 15 is 0 Å². The van der Waals surface area contributed by atoms with E-state index in [2.05, 4.69) is 53.3 Å². The standard InChI is InChI=1S/C21H31N7OS2/c1-16-15-17(2)25-20(24-16)26-19(22-8-6-18-5-3-14-31-18)27-21(30)23-7-4-9-28-10-12-29-13-11-28/h3,5,14-15H,4,6-13H2,1-2H3,(H3,22,23,24,25,26,27,30). The Morgan fingerprint density at radius 1 is 1.26 bits per heavy atom.